The van der Waals surface area contributed by atoms with E-state index in [1.54, 1.807) is 54.9 Å². The molecule has 0 spiro atoms. The summed E-state index contributed by atoms with van der Waals surface area (Å²) in [4.78, 5) is 31.8. The van der Waals surface area contributed by atoms with E-state index >= 15 is 0 Å². The summed E-state index contributed by atoms with van der Waals surface area (Å²) < 4.78 is 5.51. The molecule has 164 valence electrons. The Morgan fingerprint density at radius 3 is 2.36 bits per heavy atom. The first-order valence-electron chi connectivity index (χ1n) is 10.2. The second-order valence-corrected chi connectivity index (χ2v) is 7.77. The fraction of sp³-hybridized carbons (Fsp3) is 0.154. The van der Waals surface area contributed by atoms with Gasteiger partial charge in [-0.3, -0.25) is 19.5 Å². The number of nitriles is 1. The maximum Gasteiger partial charge on any atom is 0.300 e. The molecule has 7 heteroatoms. The van der Waals surface area contributed by atoms with E-state index < -0.39 is 17.7 Å². The molecule has 0 aliphatic carbocycles. The van der Waals surface area contributed by atoms with Gasteiger partial charge in [0.25, 0.3) is 11.7 Å². The molecule has 1 saturated heterocycles. The molecule has 1 atom stereocenters. The molecule has 0 bridgehead atoms. The van der Waals surface area contributed by atoms with Gasteiger partial charge in [-0.05, 0) is 73.0 Å². The van der Waals surface area contributed by atoms with E-state index in [2.05, 4.69) is 4.98 Å². The van der Waals surface area contributed by atoms with Gasteiger partial charge in [-0.15, -0.1) is 0 Å². The maximum absolute atomic E-state index is 13.3. The van der Waals surface area contributed by atoms with Crippen LogP contribution >= 0.6 is 0 Å². The number of aromatic nitrogens is 1. The van der Waals surface area contributed by atoms with Crippen LogP contribution in [-0.4, -0.2) is 28.9 Å². The molecular formula is C26H21N3O4. The van der Waals surface area contributed by atoms with Crippen LogP contribution < -0.4 is 9.64 Å². The molecule has 1 N–H and O–H groups in total. The van der Waals surface area contributed by atoms with Crippen LogP contribution in [0, 0.1) is 25.2 Å². The third-order valence-corrected chi connectivity index (χ3v) is 5.62. The highest BCUT2D eigenvalue weighted by Gasteiger charge is 2.47. The molecule has 1 unspecified atom stereocenters. The molecule has 1 aromatic heterocycles. The van der Waals surface area contributed by atoms with Crippen molar-refractivity contribution in [3.63, 3.8) is 0 Å². The Labute approximate surface area is 191 Å². The Balaban J connectivity index is 1.98. The van der Waals surface area contributed by atoms with Gasteiger partial charge in [0.15, 0.2) is 0 Å². The molecule has 33 heavy (non-hydrogen) atoms. The first-order chi connectivity index (χ1) is 15.9. The average molecular weight is 439 g/mol. The summed E-state index contributed by atoms with van der Waals surface area (Å²) in [6, 6.07) is 14.5. The minimum absolute atomic E-state index is 0.0427. The number of pyridine rings is 1. The summed E-state index contributed by atoms with van der Waals surface area (Å²) in [5.74, 6) is -1.46. The van der Waals surface area contributed by atoms with Crippen molar-refractivity contribution < 1.29 is 19.4 Å². The van der Waals surface area contributed by atoms with Crippen molar-refractivity contribution in [2.75, 3.05) is 12.0 Å². The number of aliphatic hydroxyl groups is 1. The number of nitrogens with zero attached hydrogens (tertiary/aromatic N) is 3. The number of aryl methyl sites for hydroxylation is 2. The smallest absolute Gasteiger partial charge is 0.300 e. The highest BCUT2D eigenvalue weighted by molar-refractivity contribution is 6.51. The standard InChI is InChI=1S/C26H21N3O4/c1-15-12-16(2)25(33-3)20(13-15)23(30)21-22(18-8-10-28-11-9-18)29(26(32)24(21)31)19-6-4-17(14-27)5-7-19/h4-13,22,30H,1-3H3/b23-21+. The van der Waals surface area contributed by atoms with Gasteiger partial charge in [-0.2, -0.15) is 5.26 Å². The van der Waals surface area contributed by atoms with E-state index in [1.807, 2.05) is 26.0 Å². The number of rotatable bonds is 4. The molecule has 1 fully saturated rings. The molecule has 2 heterocycles. The maximum atomic E-state index is 13.3. The van der Waals surface area contributed by atoms with Gasteiger partial charge >= 0.3 is 0 Å². The third-order valence-electron chi connectivity index (χ3n) is 5.62. The molecule has 1 aliphatic heterocycles. The second kappa shape index (κ2) is 8.60. The largest absolute Gasteiger partial charge is 0.507 e. The SMILES string of the molecule is COc1c(C)cc(C)cc1/C(O)=C1\C(=O)C(=O)N(c2ccc(C#N)cc2)C1c1ccncc1. The quantitative estimate of drug-likeness (QED) is 0.371. The lowest BCUT2D eigenvalue weighted by Crippen LogP contribution is -2.29. The minimum atomic E-state index is -0.883. The predicted octanol–water partition coefficient (Wildman–Crippen LogP) is 4.21. The average Bonchev–Trinajstić information content (AvgIpc) is 3.09. The Kier molecular flexibility index (Phi) is 5.67. The fourth-order valence-electron chi connectivity index (χ4n) is 4.20. The van der Waals surface area contributed by atoms with Gasteiger partial charge in [0, 0.05) is 18.1 Å². The monoisotopic (exact) mass is 439 g/mol. The molecule has 4 rings (SSSR count). The normalized spacial score (nSPS) is 17.2. The van der Waals surface area contributed by atoms with Crippen molar-refractivity contribution in [2.45, 2.75) is 19.9 Å². The summed E-state index contributed by atoms with van der Waals surface area (Å²) >= 11 is 0. The van der Waals surface area contributed by atoms with Crippen LogP contribution in [0.5, 0.6) is 5.75 Å². The zero-order valence-electron chi connectivity index (χ0n) is 18.4. The van der Waals surface area contributed by atoms with Gasteiger partial charge in [-0.1, -0.05) is 6.07 Å². The van der Waals surface area contributed by atoms with Crippen molar-refractivity contribution >= 4 is 23.1 Å². The number of ketones is 1. The molecule has 0 saturated carbocycles. The summed E-state index contributed by atoms with van der Waals surface area (Å²) in [5.41, 5.74) is 3.43. The number of hydrogen-bond acceptors (Lipinski definition) is 6. The molecular weight excluding hydrogens is 418 g/mol. The third kappa shape index (κ3) is 3.72. The van der Waals surface area contributed by atoms with E-state index in [0.29, 0.717) is 28.1 Å². The van der Waals surface area contributed by atoms with Crippen molar-refractivity contribution in [2.24, 2.45) is 0 Å². The van der Waals surface area contributed by atoms with Crippen LogP contribution in [-0.2, 0) is 9.59 Å². The van der Waals surface area contributed by atoms with E-state index in [1.165, 1.54) is 12.0 Å². The van der Waals surface area contributed by atoms with Gasteiger partial charge in [0.05, 0.1) is 35.9 Å². The molecule has 2 aromatic carbocycles. The highest BCUT2D eigenvalue weighted by Crippen LogP contribution is 2.43. The van der Waals surface area contributed by atoms with Crippen molar-refractivity contribution in [3.05, 3.63) is 94.3 Å². The number of ether oxygens (including phenoxy) is 1. The lowest BCUT2D eigenvalue weighted by Gasteiger charge is -2.25. The number of hydrogen-bond donors (Lipinski definition) is 1. The molecule has 7 nitrogen and oxygen atoms in total. The molecule has 1 aliphatic rings. The number of amides is 1. The number of aliphatic hydroxyl groups excluding tert-OH is 1. The fourth-order valence-corrected chi connectivity index (χ4v) is 4.20. The number of benzene rings is 2. The Morgan fingerprint density at radius 2 is 1.76 bits per heavy atom. The van der Waals surface area contributed by atoms with Crippen LogP contribution in [0.15, 0.2) is 66.5 Å². The van der Waals surface area contributed by atoms with E-state index in [9.17, 15) is 14.7 Å². The summed E-state index contributed by atoms with van der Waals surface area (Å²) in [7, 11) is 1.49. The van der Waals surface area contributed by atoms with Crippen LogP contribution in [0.2, 0.25) is 0 Å². The lowest BCUT2D eigenvalue weighted by molar-refractivity contribution is -0.132. The zero-order valence-corrected chi connectivity index (χ0v) is 18.4. The molecule has 0 radical (unpaired) electrons. The summed E-state index contributed by atoms with van der Waals surface area (Å²) in [6.07, 6.45) is 3.12. The van der Waals surface area contributed by atoms with Crippen LogP contribution in [0.4, 0.5) is 5.69 Å². The Bertz CT molecular complexity index is 1320. The van der Waals surface area contributed by atoms with Crippen molar-refractivity contribution in [1.29, 1.82) is 5.26 Å². The van der Waals surface area contributed by atoms with Crippen LogP contribution in [0.3, 0.4) is 0 Å². The minimum Gasteiger partial charge on any atom is -0.507 e. The van der Waals surface area contributed by atoms with E-state index in [-0.39, 0.29) is 11.3 Å². The van der Waals surface area contributed by atoms with Crippen molar-refractivity contribution in [3.8, 4) is 11.8 Å². The van der Waals surface area contributed by atoms with Gasteiger partial charge in [0.1, 0.15) is 11.5 Å². The predicted molar refractivity (Wildman–Crippen MR) is 123 cm³/mol. The zero-order chi connectivity index (χ0) is 23.7. The Morgan fingerprint density at radius 1 is 1.09 bits per heavy atom. The number of anilines is 1. The number of carbonyl (C=O) groups is 2. The number of carbonyl (C=O) groups excluding carboxylic acids is 2. The summed E-state index contributed by atoms with van der Waals surface area (Å²) in [6.45, 7) is 3.72. The van der Waals surface area contributed by atoms with Crippen LogP contribution in [0.25, 0.3) is 5.76 Å². The number of methoxy groups -OCH3 is 1. The van der Waals surface area contributed by atoms with E-state index in [4.69, 9.17) is 10.00 Å². The summed E-state index contributed by atoms with van der Waals surface area (Å²) in [5, 5.41) is 20.5. The molecule has 1 amide bonds. The molecule has 3 aromatic rings. The second-order valence-electron chi connectivity index (χ2n) is 7.77. The topological polar surface area (TPSA) is 104 Å². The van der Waals surface area contributed by atoms with Gasteiger partial charge < -0.3 is 9.84 Å². The highest BCUT2D eigenvalue weighted by atomic mass is 16.5. The van der Waals surface area contributed by atoms with E-state index in [0.717, 1.165) is 11.1 Å². The van der Waals surface area contributed by atoms with Gasteiger partial charge in [-0.25, -0.2) is 0 Å². The Hall–Kier alpha value is -4.44. The number of Topliss-reactive ketones (excluding diaryl/α,β-unsaturated/α-hetero) is 1. The first-order valence-corrected chi connectivity index (χ1v) is 10.2. The van der Waals surface area contributed by atoms with Crippen LogP contribution in [0.1, 0.15) is 33.9 Å². The van der Waals surface area contributed by atoms with Gasteiger partial charge in [0.2, 0.25) is 0 Å². The lowest BCUT2D eigenvalue weighted by atomic mass is 9.94. The van der Waals surface area contributed by atoms with Crippen molar-refractivity contribution in [1.82, 2.24) is 4.98 Å². The first kappa shape index (κ1) is 21.8.